The van der Waals surface area contributed by atoms with Gasteiger partial charge in [0.05, 0.1) is 5.56 Å². The van der Waals surface area contributed by atoms with Crippen molar-refractivity contribution in [2.75, 3.05) is 26.5 Å². The fourth-order valence-corrected chi connectivity index (χ4v) is 4.89. The zero-order valence-corrected chi connectivity index (χ0v) is 20.6. The minimum Gasteiger partial charge on any atom is -0.483 e. The highest BCUT2D eigenvalue weighted by Crippen LogP contribution is 2.36. The van der Waals surface area contributed by atoms with Gasteiger partial charge in [0.1, 0.15) is 11.6 Å². The number of rotatable bonds is 7. The van der Waals surface area contributed by atoms with E-state index in [0.29, 0.717) is 25.1 Å². The lowest BCUT2D eigenvalue weighted by Gasteiger charge is -2.32. The standard InChI is InChI=1S/C29H27F4NO4/c30-24-16-21(29(31,32)33)8-9-22(24)23-3-1-2-4-25(23)36-17-28(35)34-13-11-19(12-14-34)5-6-20-7-10-26-27(15-20)38-18-37-26/h1-4,7-10,15-16,19H,5-6,11-14,17-18H2. The van der Waals surface area contributed by atoms with Gasteiger partial charge in [0.2, 0.25) is 6.79 Å². The second-order valence-electron chi connectivity index (χ2n) is 9.53. The predicted molar refractivity (Wildman–Crippen MR) is 133 cm³/mol. The molecule has 0 bridgehead atoms. The zero-order valence-electron chi connectivity index (χ0n) is 20.6. The SMILES string of the molecule is O=C(COc1ccccc1-c1ccc(C(F)(F)F)cc1F)N1CCC(CCc2ccc3c(c2)OCO3)CC1. The van der Waals surface area contributed by atoms with E-state index in [1.54, 1.807) is 29.2 Å². The van der Waals surface area contributed by atoms with E-state index in [1.807, 2.05) is 12.1 Å². The second-order valence-corrected chi connectivity index (χ2v) is 9.53. The molecule has 3 aromatic carbocycles. The molecule has 2 heterocycles. The minimum absolute atomic E-state index is 0.0238. The Labute approximate surface area is 217 Å². The van der Waals surface area contributed by atoms with Gasteiger partial charge in [-0.15, -0.1) is 0 Å². The van der Waals surface area contributed by atoms with Gasteiger partial charge < -0.3 is 19.1 Å². The maximum atomic E-state index is 14.6. The third kappa shape index (κ3) is 5.87. The lowest BCUT2D eigenvalue weighted by atomic mass is 9.90. The lowest BCUT2D eigenvalue weighted by molar-refractivity contribution is -0.138. The summed E-state index contributed by atoms with van der Waals surface area (Å²) >= 11 is 0. The Morgan fingerprint density at radius 3 is 2.47 bits per heavy atom. The number of ether oxygens (including phenoxy) is 3. The number of alkyl halides is 3. The van der Waals surface area contributed by atoms with Crippen LogP contribution in [0, 0.1) is 11.7 Å². The number of fused-ring (bicyclic) bond motifs is 1. The van der Waals surface area contributed by atoms with Crippen LogP contribution in [-0.4, -0.2) is 37.3 Å². The third-order valence-electron chi connectivity index (χ3n) is 7.07. The predicted octanol–water partition coefficient (Wildman–Crippen LogP) is 6.49. The maximum absolute atomic E-state index is 14.6. The molecule has 2 aliphatic rings. The number of piperidine rings is 1. The summed E-state index contributed by atoms with van der Waals surface area (Å²) in [6, 6.07) is 14.8. The van der Waals surface area contributed by atoms with E-state index in [9.17, 15) is 22.4 Å². The summed E-state index contributed by atoms with van der Waals surface area (Å²) < 4.78 is 69.8. The summed E-state index contributed by atoms with van der Waals surface area (Å²) in [4.78, 5) is 14.6. The van der Waals surface area contributed by atoms with Crippen molar-refractivity contribution < 1.29 is 36.6 Å². The third-order valence-corrected chi connectivity index (χ3v) is 7.07. The average Bonchev–Trinajstić information content (AvgIpc) is 3.38. The van der Waals surface area contributed by atoms with E-state index < -0.39 is 17.6 Å². The van der Waals surface area contributed by atoms with Gasteiger partial charge in [-0.2, -0.15) is 13.2 Å². The van der Waals surface area contributed by atoms with Gasteiger partial charge in [-0.1, -0.05) is 30.3 Å². The molecule has 5 rings (SSSR count). The molecule has 3 aromatic rings. The number of carbonyl (C=O) groups is 1. The van der Waals surface area contributed by atoms with Crippen LogP contribution in [0.2, 0.25) is 0 Å². The number of likely N-dealkylation sites (tertiary alicyclic amines) is 1. The molecule has 0 atom stereocenters. The Kier molecular flexibility index (Phi) is 7.44. The molecule has 1 saturated heterocycles. The molecule has 5 nitrogen and oxygen atoms in total. The molecule has 0 spiro atoms. The summed E-state index contributed by atoms with van der Waals surface area (Å²) in [5.74, 6) is 1.11. The number of hydrogen-bond acceptors (Lipinski definition) is 4. The molecule has 0 radical (unpaired) electrons. The van der Waals surface area contributed by atoms with Crippen molar-refractivity contribution in [3.63, 3.8) is 0 Å². The molecule has 0 aromatic heterocycles. The van der Waals surface area contributed by atoms with E-state index in [0.717, 1.165) is 49.3 Å². The van der Waals surface area contributed by atoms with Gasteiger partial charge in [-0.3, -0.25) is 4.79 Å². The topological polar surface area (TPSA) is 48.0 Å². The number of benzene rings is 3. The van der Waals surface area contributed by atoms with Crippen molar-refractivity contribution in [3.8, 4) is 28.4 Å². The van der Waals surface area contributed by atoms with Crippen LogP contribution in [0.15, 0.2) is 60.7 Å². The minimum atomic E-state index is -4.64. The molecule has 1 fully saturated rings. The van der Waals surface area contributed by atoms with Crippen molar-refractivity contribution in [1.82, 2.24) is 4.90 Å². The Balaban J connectivity index is 1.13. The molecular weight excluding hydrogens is 502 g/mol. The lowest BCUT2D eigenvalue weighted by Crippen LogP contribution is -2.41. The number of amides is 1. The van der Waals surface area contributed by atoms with Crippen LogP contribution in [0.1, 0.15) is 30.4 Å². The van der Waals surface area contributed by atoms with Gasteiger partial charge in [0.15, 0.2) is 18.1 Å². The number of aryl methyl sites for hydroxylation is 1. The molecule has 2 aliphatic heterocycles. The molecule has 0 aliphatic carbocycles. The van der Waals surface area contributed by atoms with Gasteiger partial charge in [-0.05, 0) is 67.5 Å². The van der Waals surface area contributed by atoms with Gasteiger partial charge >= 0.3 is 6.18 Å². The van der Waals surface area contributed by atoms with E-state index in [4.69, 9.17) is 14.2 Å². The van der Waals surface area contributed by atoms with Crippen LogP contribution in [0.4, 0.5) is 17.6 Å². The fourth-order valence-electron chi connectivity index (χ4n) is 4.89. The Hall–Kier alpha value is -3.75. The van der Waals surface area contributed by atoms with E-state index in [1.165, 1.54) is 5.56 Å². The zero-order chi connectivity index (χ0) is 26.7. The quantitative estimate of drug-likeness (QED) is 0.328. The van der Waals surface area contributed by atoms with Crippen molar-refractivity contribution in [2.45, 2.75) is 31.9 Å². The number of halogens is 4. The molecule has 200 valence electrons. The smallest absolute Gasteiger partial charge is 0.416 e. The Morgan fingerprint density at radius 1 is 0.947 bits per heavy atom. The van der Waals surface area contributed by atoms with Gasteiger partial charge in [0.25, 0.3) is 5.91 Å². The summed E-state index contributed by atoms with van der Waals surface area (Å²) in [6.45, 7) is 1.28. The molecule has 0 unspecified atom stereocenters. The number of hydrogen-bond donors (Lipinski definition) is 0. The summed E-state index contributed by atoms with van der Waals surface area (Å²) in [6.07, 6.45) is -0.908. The fraction of sp³-hybridized carbons (Fsp3) is 0.345. The van der Waals surface area contributed by atoms with Crippen LogP contribution in [-0.2, 0) is 17.4 Å². The van der Waals surface area contributed by atoms with Crippen LogP contribution in [0.5, 0.6) is 17.2 Å². The van der Waals surface area contributed by atoms with E-state index in [-0.39, 0.29) is 36.2 Å². The highest BCUT2D eigenvalue weighted by atomic mass is 19.4. The van der Waals surface area contributed by atoms with Crippen molar-refractivity contribution in [1.29, 1.82) is 0 Å². The largest absolute Gasteiger partial charge is 0.483 e. The summed E-state index contributed by atoms with van der Waals surface area (Å²) in [5.41, 5.74) is 0.397. The van der Waals surface area contributed by atoms with Crippen LogP contribution in [0.25, 0.3) is 11.1 Å². The Morgan fingerprint density at radius 2 is 1.71 bits per heavy atom. The number of nitrogens with zero attached hydrogens (tertiary/aromatic N) is 1. The number of carbonyl (C=O) groups excluding carboxylic acids is 1. The summed E-state index contributed by atoms with van der Waals surface area (Å²) in [7, 11) is 0. The van der Waals surface area contributed by atoms with Crippen molar-refractivity contribution in [2.24, 2.45) is 5.92 Å². The van der Waals surface area contributed by atoms with Crippen LogP contribution in [0.3, 0.4) is 0 Å². The van der Waals surface area contributed by atoms with Gasteiger partial charge in [0, 0.05) is 24.2 Å². The van der Waals surface area contributed by atoms with Gasteiger partial charge in [-0.25, -0.2) is 4.39 Å². The second kappa shape index (κ2) is 10.9. The molecular formula is C29H27F4NO4. The Bertz CT molecular complexity index is 1300. The first-order valence-corrected chi connectivity index (χ1v) is 12.5. The highest BCUT2D eigenvalue weighted by molar-refractivity contribution is 5.78. The first kappa shape index (κ1) is 25.9. The van der Waals surface area contributed by atoms with Crippen molar-refractivity contribution in [3.05, 3.63) is 77.6 Å². The van der Waals surface area contributed by atoms with E-state index >= 15 is 0 Å². The first-order chi connectivity index (χ1) is 18.3. The molecule has 0 saturated carbocycles. The maximum Gasteiger partial charge on any atom is 0.416 e. The first-order valence-electron chi connectivity index (χ1n) is 12.5. The van der Waals surface area contributed by atoms with Crippen molar-refractivity contribution >= 4 is 5.91 Å². The van der Waals surface area contributed by atoms with Crippen LogP contribution >= 0.6 is 0 Å². The molecule has 38 heavy (non-hydrogen) atoms. The normalized spacial score (nSPS) is 15.5. The molecule has 0 N–H and O–H groups in total. The average molecular weight is 530 g/mol. The molecule has 9 heteroatoms. The number of para-hydroxylation sites is 1. The molecule has 1 amide bonds. The van der Waals surface area contributed by atoms with E-state index in [2.05, 4.69) is 6.07 Å². The highest BCUT2D eigenvalue weighted by Gasteiger charge is 2.31. The summed E-state index contributed by atoms with van der Waals surface area (Å²) in [5, 5.41) is 0. The monoisotopic (exact) mass is 529 g/mol. The van der Waals surface area contributed by atoms with Crippen LogP contribution < -0.4 is 14.2 Å².